The van der Waals surface area contributed by atoms with Crippen LogP contribution in [0, 0.1) is 17.0 Å². The molecule has 0 unspecified atom stereocenters. The van der Waals surface area contributed by atoms with E-state index in [9.17, 15) is 14.9 Å². The van der Waals surface area contributed by atoms with Gasteiger partial charge in [-0.15, -0.1) is 10.2 Å². The molecule has 0 aliphatic heterocycles. The molecule has 0 bridgehead atoms. The fourth-order valence-electron chi connectivity index (χ4n) is 3.04. The molecule has 11 heteroatoms. The number of nitro groups is 1. The number of nitrogens with zero attached hydrogens (tertiary/aromatic N) is 6. The zero-order valence-corrected chi connectivity index (χ0v) is 18.8. The van der Waals surface area contributed by atoms with Crippen molar-refractivity contribution in [3.63, 3.8) is 0 Å². The van der Waals surface area contributed by atoms with Crippen LogP contribution in [0.4, 0.5) is 5.69 Å². The average Bonchev–Trinajstić information content (AvgIpc) is 3.28. The molecule has 2 aromatic carbocycles. The summed E-state index contributed by atoms with van der Waals surface area (Å²) in [6.07, 6.45) is 4.72. The van der Waals surface area contributed by atoms with Crippen molar-refractivity contribution in [2.75, 3.05) is 5.75 Å². The largest absolute Gasteiger partial charge is 0.272 e. The number of aromatic nitrogens is 4. The topological polar surface area (TPSA) is 128 Å². The van der Waals surface area contributed by atoms with Crippen LogP contribution in [0.5, 0.6) is 0 Å². The molecule has 0 saturated heterocycles. The molecule has 0 atom stereocenters. The third-order valence-corrected chi connectivity index (χ3v) is 5.61. The summed E-state index contributed by atoms with van der Waals surface area (Å²) in [7, 11) is 0. The van der Waals surface area contributed by atoms with Gasteiger partial charge >= 0.3 is 0 Å². The van der Waals surface area contributed by atoms with Gasteiger partial charge in [0.2, 0.25) is 0 Å². The van der Waals surface area contributed by atoms with Crippen molar-refractivity contribution < 1.29 is 9.72 Å². The van der Waals surface area contributed by atoms with Crippen molar-refractivity contribution in [2.45, 2.75) is 12.1 Å². The molecule has 10 nitrogen and oxygen atoms in total. The van der Waals surface area contributed by atoms with Gasteiger partial charge in [0.1, 0.15) is 0 Å². The predicted molar refractivity (Wildman–Crippen MR) is 129 cm³/mol. The van der Waals surface area contributed by atoms with E-state index in [4.69, 9.17) is 0 Å². The second-order valence-corrected chi connectivity index (χ2v) is 8.09. The zero-order chi connectivity index (χ0) is 23.9. The molecule has 0 aliphatic carbocycles. The Morgan fingerprint density at radius 2 is 1.91 bits per heavy atom. The van der Waals surface area contributed by atoms with Crippen molar-refractivity contribution in [3.05, 3.63) is 94.3 Å². The first kappa shape index (κ1) is 22.8. The van der Waals surface area contributed by atoms with E-state index in [-0.39, 0.29) is 17.3 Å². The fraction of sp³-hybridized carbons (Fsp3) is 0.0870. The molecule has 1 N–H and O–H groups in total. The minimum Gasteiger partial charge on any atom is -0.272 e. The molecule has 1 amide bonds. The molecule has 170 valence electrons. The van der Waals surface area contributed by atoms with Crippen LogP contribution in [-0.2, 0) is 4.79 Å². The maximum Gasteiger partial charge on any atom is 0.270 e. The Morgan fingerprint density at radius 3 is 2.65 bits per heavy atom. The number of thioether (sulfide) groups is 1. The lowest BCUT2D eigenvalue weighted by Gasteiger charge is -2.10. The minimum atomic E-state index is -0.489. The van der Waals surface area contributed by atoms with Crippen molar-refractivity contribution in [1.29, 1.82) is 0 Å². The molecular weight excluding hydrogens is 454 g/mol. The van der Waals surface area contributed by atoms with Gasteiger partial charge in [-0.2, -0.15) is 5.10 Å². The second-order valence-electron chi connectivity index (χ2n) is 7.15. The number of rotatable bonds is 8. The first-order valence-electron chi connectivity index (χ1n) is 10.1. The lowest BCUT2D eigenvalue weighted by Crippen LogP contribution is -2.20. The van der Waals surface area contributed by atoms with E-state index in [0.29, 0.717) is 16.5 Å². The van der Waals surface area contributed by atoms with E-state index >= 15 is 0 Å². The molecule has 0 saturated carbocycles. The molecule has 0 aliphatic rings. The van der Waals surface area contributed by atoms with Crippen molar-refractivity contribution in [3.8, 4) is 17.1 Å². The summed E-state index contributed by atoms with van der Waals surface area (Å²) in [4.78, 5) is 26.8. The lowest BCUT2D eigenvalue weighted by molar-refractivity contribution is -0.384. The number of nitro benzene ring substituents is 1. The summed E-state index contributed by atoms with van der Waals surface area (Å²) in [6, 6.07) is 17.6. The van der Waals surface area contributed by atoms with E-state index in [2.05, 4.69) is 25.7 Å². The highest BCUT2D eigenvalue weighted by molar-refractivity contribution is 7.99. The number of carbonyl (C=O) groups excluding carboxylic acids is 1. The third kappa shape index (κ3) is 5.51. The first-order chi connectivity index (χ1) is 16.5. The maximum atomic E-state index is 12.3. The van der Waals surface area contributed by atoms with Crippen LogP contribution in [0.1, 0.15) is 11.1 Å². The van der Waals surface area contributed by atoms with Gasteiger partial charge in [0.05, 0.1) is 16.9 Å². The van der Waals surface area contributed by atoms with Crippen molar-refractivity contribution in [1.82, 2.24) is 25.2 Å². The quantitative estimate of drug-likeness (QED) is 0.178. The van der Waals surface area contributed by atoms with Gasteiger partial charge in [-0.1, -0.05) is 41.6 Å². The standard InChI is InChI=1S/C23H19N7O3S/c1-16-5-7-19(8-6-16)29-22(18-9-11-24-12-10-18)27-28-23(29)34-15-21(31)26-25-14-17-3-2-4-20(13-17)30(32)33/h2-14H,15H2,1H3,(H,26,31). The summed E-state index contributed by atoms with van der Waals surface area (Å²) in [5.74, 6) is 0.334. The van der Waals surface area contributed by atoms with Crippen LogP contribution in [0.15, 0.2) is 83.3 Å². The summed E-state index contributed by atoms with van der Waals surface area (Å²) in [5, 5.41) is 23.9. The first-order valence-corrected chi connectivity index (χ1v) is 11.1. The molecule has 34 heavy (non-hydrogen) atoms. The summed E-state index contributed by atoms with van der Waals surface area (Å²) in [5.41, 5.74) is 5.72. The number of aryl methyl sites for hydroxylation is 1. The number of non-ortho nitro benzene ring substituents is 1. The maximum absolute atomic E-state index is 12.3. The Labute approximate surface area is 198 Å². The SMILES string of the molecule is Cc1ccc(-n2c(SCC(=O)NN=Cc3cccc([N+](=O)[O-])c3)nnc2-c2ccncc2)cc1. The Balaban J connectivity index is 1.48. The number of hydrazone groups is 1. The Kier molecular flexibility index (Phi) is 7.04. The zero-order valence-electron chi connectivity index (χ0n) is 18.0. The summed E-state index contributed by atoms with van der Waals surface area (Å²) >= 11 is 1.22. The van der Waals surface area contributed by atoms with Crippen LogP contribution >= 0.6 is 11.8 Å². The third-order valence-electron chi connectivity index (χ3n) is 4.68. The van der Waals surface area contributed by atoms with Gasteiger partial charge in [0.15, 0.2) is 11.0 Å². The predicted octanol–water partition coefficient (Wildman–Crippen LogP) is 3.79. The minimum absolute atomic E-state index is 0.0482. The number of amides is 1. The van der Waals surface area contributed by atoms with Crippen molar-refractivity contribution >= 4 is 29.6 Å². The fourth-order valence-corrected chi connectivity index (χ4v) is 3.78. The highest BCUT2D eigenvalue weighted by atomic mass is 32.2. The van der Waals surface area contributed by atoms with E-state index in [1.807, 2.05) is 47.9 Å². The van der Waals surface area contributed by atoms with Crippen LogP contribution in [0.25, 0.3) is 17.1 Å². The molecule has 4 rings (SSSR count). The summed E-state index contributed by atoms with van der Waals surface area (Å²) < 4.78 is 1.89. The second kappa shape index (κ2) is 10.5. The number of hydrogen-bond acceptors (Lipinski definition) is 8. The smallest absolute Gasteiger partial charge is 0.270 e. The van der Waals surface area contributed by atoms with E-state index in [0.717, 1.165) is 16.8 Å². The molecule has 0 radical (unpaired) electrons. The molecule has 2 heterocycles. The normalized spacial score (nSPS) is 11.0. The average molecular weight is 474 g/mol. The number of nitrogens with one attached hydrogen (secondary N) is 1. The van der Waals surface area contributed by atoms with E-state index < -0.39 is 4.92 Å². The summed E-state index contributed by atoms with van der Waals surface area (Å²) in [6.45, 7) is 2.01. The monoisotopic (exact) mass is 473 g/mol. The molecule has 0 fully saturated rings. The van der Waals surface area contributed by atoms with Crippen molar-refractivity contribution in [2.24, 2.45) is 5.10 Å². The molecule has 2 aromatic heterocycles. The Hall–Kier alpha value is -4.38. The number of carbonyl (C=O) groups is 1. The van der Waals surface area contributed by atoms with Crippen LogP contribution < -0.4 is 5.43 Å². The Bertz CT molecular complexity index is 1340. The van der Waals surface area contributed by atoms with Gasteiger partial charge in [-0.05, 0) is 31.2 Å². The van der Waals surface area contributed by atoms with Crippen LogP contribution in [0.3, 0.4) is 0 Å². The van der Waals surface area contributed by atoms with Gasteiger partial charge in [-0.3, -0.25) is 24.5 Å². The van der Waals surface area contributed by atoms with Gasteiger partial charge in [0, 0.05) is 41.3 Å². The number of benzene rings is 2. The molecular formula is C23H19N7O3S. The Morgan fingerprint density at radius 1 is 1.15 bits per heavy atom. The van der Waals surface area contributed by atoms with Crippen LogP contribution in [0.2, 0.25) is 0 Å². The van der Waals surface area contributed by atoms with E-state index in [1.54, 1.807) is 24.5 Å². The number of hydrogen-bond donors (Lipinski definition) is 1. The lowest BCUT2D eigenvalue weighted by atomic mass is 10.2. The van der Waals surface area contributed by atoms with E-state index in [1.165, 1.54) is 30.1 Å². The number of pyridine rings is 1. The highest BCUT2D eigenvalue weighted by Gasteiger charge is 2.17. The molecule has 4 aromatic rings. The van der Waals surface area contributed by atoms with Gasteiger partial charge in [-0.25, -0.2) is 5.43 Å². The van der Waals surface area contributed by atoms with Gasteiger partial charge in [0.25, 0.3) is 11.6 Å². The highest BCUT2D eigenvalue weighted by Crippen LogP contribution is 2.27. The molecule has 0 spiro atoms. The van der Waals surface area contributed by atoms with Gasteiger partial charge < -0.3 is 0 Å². The van der Waals surface area contributed by atoms with Crippen LogP contribution in [-0.4, -0.2) is 42.5 Å².